The van der Waals surface area contributed by atoms with Gasteiger partial charge >= 0.3 is 6.09 Å². The monoisotopic (exact) mass is 398 g/mol. The number of ether oxygens (including phenoxy) is 3. The number of amides is 1. The summed E-state index contributed by atoms with van der Waals surface area (Å²) >= 11 is 0. The number of nitrogens with zero attached hydrogens (tertiary/aromatic N) is 1. The van der Waals surface area contributed by atoms with Gasteiger partial charge in [0.15, 0.2) is 11.5 Å². The molecule has 2 aromatic carbocycles. The van der Waals surface area contributed by atoms with Crippen LogP contribution in [0, 0.1) is 0 Å². The quantitative estimate of drug-likeness (QED) is 0.732. The lowest BCUT2D eigenvalue weighted by Crippen LogP contribution is -2.53. The van der Waals surface area contributed by atoms with Gasteiger partial charge in [-0.05, 0) is 38.0 Å². The van der Waals surface area contributed by atoms with Crippen molar-refractivity contribution in [1.29, 1.82) is 0 Å². The summed E-state index contributed by atoms with van der Waals surface area (Å²) in [7, 11) is 0. The van der Waals surface area contributed by atoms with Crippen molar-refractivity contribution in [1.82, 2.24) is 10.2 Å². The molecular formula is C23H30N2O4. The second kappa shape index (κ2) is 10.7. The van der Waals surface area contributed by atoms with Crippen molar-refractivity contribution in [2.75, 3.05) is 26.2 Å². The van der Waals surface area contributed by atoms with Crippen LogP contribution in [0.15, 0.2) is 54.6 Å². The third kappa shape index (κ3) is 6.68. The van der Waals surface area contributed by atoms with E-state index in [-0.39, 0.29) is 18.2 Å². The molecule has 0 aliphatic carbocycles. The molecule has 0 unspecified atom stereocenters. The highest BCUT2D eigenvalue weighted by molar-refractivity contribution is 5.67. The Labute approximate surface area is 172 Å². The Hall–Kier alpha value is -2.73. The maximum absolute atomic E-state index is 12.4. The van der Waals surface area contributed by atoms with Gasteiger partial charge in [0, 0.05) is 25.7 Å². The fourth-order valence-corrected chi connectivity index (χ4v) is 3.23. The SMILES string of the molecule is CC(C)Oc1ccccc1OCC[C@@H]1CN(C(=O)OCc2ccccc2)CCN1. The molecule has 156 valence electrons. The number of benzene rings is 2. The van der Waals surface area contributed by atoms with Crippen molar-refractivity contribution in [2.45, 2.75) is 39.0 Å². The highest BCUT2D eigenvalue weighted by atomic mass is 16.6. The van der Waals surface area contributed by atoms with Crippen LogP contribution in [-0.4, -0.2) is 49.4 Å². The topological polar surface area (TPSA) is 60.0 Å². The first-order chi connectivity index (χ1) is 14.1. The van der Waals surface area contributed by atoms with Crippen LogP contribution >= 0.6 is 0 Å². The summed E-state index contributed by atoms with van der Waals surface area (Å²) in [5.41, 5.74) is 0.989. The van der Waals surface area contributed by atoms with Gasteiger partial charge in [-0.2, -0.15) is 0 Å². The first kappa shape index (κ1) is 21.0. The number of hydrogen-bond acceptors (Lipinski definition) is 5. The molecular weight excluding hydrogens is 368 g/mol. The van der Waals surface area contributed by atoms with E-state index >= 15 is 0 Å². The fraction of sp³-hybridized carbons (Fsp3) is 0.435. The van der Waals surface area contributed by atoms with Gasteiger partial charge in [0.25, 0.3) is 0 Å². The third-order valence-corrected chi connectivity index (χ3v) is 4.65. The average molecular weight is 399 g/mol. The van der Waals surface area contributed by atoms with Gasteiger partial charge in [0.2, 0.25) is 0 Å². The largest absolute Gasteiger partial charge is 0.490 e. The minimum atomic E-state index is -0.267. The molecule has 3 rings (SSSR count). The number of carbonyl (C=O) groups is 1. The van der Waals surface area contributed by atoms with Crippen LogP contribution in [-0.2, 0) is 11.3 Å². The van der Waals surface area contributed by atoms with Crippen LogP contribution in [0.25, 0.3) is 0 Å². The Morgan fingerprint density at radius 1 is 1.10 bits per heavy atom. The van der Waals surface area contributed by atoms with Gasteiger partial charge in [-0.25, -0.2) is 4.79 Å². The Morgan fingerprint density at radius 2 is 1.83 bits per heavy atom. The van der Waals surface area contributed by atoms with E-state index < -0.39 is 0 Å². The minimum Gasteiger partial charge on any atom is -0.490 e. The summed E-state index contributed by atoms with van der Waals surface area (Å²) in [6.07, 6.45) is 0.616. The molecule has 1 atom stereocenters. The first-order valence-electron chi connectivity index (χ1n) is 10.2. The molecule has 1 amide bonds. The standard InChI is InChI=1S/C23H30N2O4/c1-18(2)29-22-11-7-6-10-21(22)27-15-12-20-16-25(14-13-24-20)23(26)28-17-19-8-4-3-5-9-19/h3-11,18,20,24H,12-17H2,1-2H3/t20-/m1/s1. The average Bonchev–Trinajstić information content (AvgIpc) is 2.74. The molecule has 6 nitrogen and oxygen atoms in total. The lowest BCUT2D eigenvalue weighted by atomic mass is 10.1. The second-order valence-electron chi connectivity index (χ2n) is 7.39. The summed E-state index contributed by atoms with van der Waals surface area (Å²) in [6, 6.07) is 17.6. The zero-order chi connectivity index (χ0) is 20.5. The van der Waals surface area contributed by atoms with Crippen molar-refractivity contribution < 1.29 is 19.0 Å². The van der Waals surface area contributed by atoms with E-state index in [1.165, 1.54) is 0 Å². The van der Waals surface area contributed by atoms with Crippen LogP contribution in [0.4, 0.5) is 4.79 Å². The molecule has 1 aliphatic heterocycles. The molecule has 1 fully saturated rings. The maximum atomic E-state index is 12.4. The lowest BCUT2D eigenvalue weighted by Gasteiger charge is -2.33. The van der Waals surface area contributed by atoms with E-state index in [1.54, 1.807) is 4.90 Å². The Kier molecular flexibility index (Phi) is 7.76. The zero-order valence-electron chi connectivity index (χ0n) is 17.2. The van der Waals surface area contributed by atoms with E-state index in [1.807, 2.05) is 68.4 Å². The molecule has 2 aromatic rings. The van der Waals surface area contributed by atoms with Crippen LogP contribution in [0.3, 0.4) is 0 Å². The smallest absolute Gasteiger partial charge is 0.410 e. The van der Waals surface area contributed by atoms with Crippen LogP contribution in [0.1, 0.15) is 25.8 Å². The predicted molar refractivity (Wildman–Crippen MR) is 112 cm³/mol. The maximum Gasteiger partial charge on any atom is 0.410 e. The molecule has 1 saturated heterocycles. The molecule has 6 heteroatoms. The third-order valence-electron chi connectivity index (χ3n) is 4.65. The number of piperazine rings is 1. The second-order valence-corrected chi connectivity index (χ2v) is 7.39. The van der Waals surface area contributed by atoms with E-state index in [4.69, 9.17) is 14.2 Å². The number of rotatable bonds is 8. The normalized spacial score (nSPS) is 16.5. The number of carbonyl (C=O) groups excluding carboxylic acids is 1. The highest BCUT2D eigenvalue weighted by Crippen LogP contribution is 2.27. The molecule has 1 N–H and O–H groups in total. The Morgan fingerprint density at radius 3 is 2.59 bits per heavy atom. The molecule has 0 aromatic heterocycles. The van der Waals surface area contributed by atoms with Crippen molar-refractivity contribution in [3.63, 3.8) is 0 Å². The number of para-hydroxylation sites is 2. The van der Waals surface area contributed by atoms with Gasteiger partial charge < -0.3 is 24.4 Å². The van der Waals surface area contributed by atoms with Gasteiger partial charge in [-0.15, -0.1) is 0 Å². The molecule has 0 spiro atoms. The van der Waals surface area contributed by atoms with E-state index in [0.29, 0.717) is 26.3 Å². The van der Waals surface area contributed by atoms with E-state index in [9.17, 15) is 4.79 Å². The van der Waals surface area contributed by atoms with E-state index in [2.05, 4.69) is 5.32 Å². The first-order valence-corrected chi connectivity index (χ1v) is 10.2. The van der Waals surface area contributed by atoms with Gasteiger partial charge in [0.05, 0.1) is 12.7 Å². The van der Waals surface area contributed by atoms with Gasteiger partial charge in [0.1, 0.15) is 6.61 Å². The molecule has 0 bridgehead atoms. The van der Waals surface area contributed by atoms with Crippen molar-refractivity contribution in [3.05, 3.63) is 60.2 Å². The predicted octanol–water partition coefficient (Wildman–Crippen LogP) is 3.85. The zero-order valence-corrected chi connectivity index (χ0v) is 17.2. The van der Waals surface area contributed by atoms with Gasteiger partial charge in [-0.3, -0.25) is 0 Å². The lowest BCUT2D eigenvalue weighted by molar-refractivity contribution is 0.0826. The van der Waals surface area contributed by atoms with Crippen LogP contribution in [0.2, 0.25) is 0 Å². The molecule has 0 radical (unpaired) electrons. The van der Waals surface area contributed by atoms with Crippen molar-refractivity contribution in [2.24, 2.45) is 0 Å². The molecule has 29 heavy (non-hydrogen) atoms. The van der Waals surface area contributed by atoms with Crippen LogP contribution in [0.5, 0.6) is 11.5 Å². The highest BCUT2D eigenvalue weighted by Gasteiger charge is 2.24. The number of nitrogens with one attached hydrogen (secondary N) is 1. The van der Waals surface area contributed by atoms with Gasteiger partial charge in [-0.1, -0.05) is 42.5 Å². The van der Waals surface area contributed by atoms with Crippen molar-refractivity contribution >= 4 is 6.09 Å². The summed E-state index contributed by atoms with van der Waals surface area (Å²) < 4.78 is 17.2. The molecule has 0 saturated carbocycles. The Bertz CT molecular complexity index is 766. The fourth-order valence-electron chi connectivity index (χ4n) is 3.23. The summed E-state index contributed by atoms with van der Waals surface area (Å²) in [6.45, 7) is 6.84. The summed E-state index contributed by atoms with van der Waals surface area (Å²) in [5, 5.41) is 3.45. The van der Waals surface area contributed by atoms with Crippen molar-refractivity contribution in [3.8, 4) is 11.5 Å². The Balaban J connectivity index is 1.43. The molecule has 1 heterocycles. The number of hydrogen-bond donors (Lipinski definition) is 1. The molecule has 1 aliphatic rings. The summed E-state index contributed by atoms with van der Waals surface area (Å²) in [5.74, 6) is 1.50. The minimum absolute atomic E-state index is 0.0928. The van der Waals surface area contributed by atoms with E-state index in [0.717, 1.165) is 30.0 Å². The summed E-state index contributed by atoms with van der Waals surface area (Å²) in [4.78, 5) is 14.2. The van der Waals surface area contributed by atoms with Crippen LogP contribution < -0.4 is 14.8 Å².